The molecule has 1 unspecified atom stereocenters. The molecule has 2 N–H and O–H groups in total. The minimum atomic E-state index is -0.779. The normalized spacial score (nSPS) is 14.4. The monoisotopic (exact) mass is 247 g/mol. The highest BCUT2D eigenvalue weighted by atomic mass is 32.2. The van der Waals surface area contributed by atoms with E-state index >= 15 is 0 Å². The van der Waals surface area contributed by atoms with Crippen LogP contribution in [0.5, 0.6) is 0 Å². The number of fused-ring (bicyclic) bond motifs is 1. The van der Waals surface area contributed by atoms with Crippen molar-refractivity contribution in [3.8, 4) is 6.07 Å². The summed E-state index contributed by atoms with van der Waals surface area (Å²) in [6.07, 6.45) is 0.604. The van der Waals surface area contributed by atoms with Crippen molar-refractivity contribution in [2.75, 3.05) is 5.75 Å². The van der Waals surface area contributed by atoms with E-state index in [1.54, 1.807) is 6.92 Å². The number of aromatic nitrogens is 1. The van der Waals surface area contributed by atoms with Gasteiger partial charge >= 0.3 is 0 Å². The second-order valence-electron chi connectivity index (χ2n) is 4.08. The van der Waals surface area contributed by atoms with Gasteiger partial charge in [-0.3, -0.25) is 0 Å². The lowest BCUT2D eigenvalue weighted by Gasteiger charge is -2.13. The molecule has 4 nitrogen and oxygen atoms in total. The highest BCUT2D eigenvalue weighted by Gasteiger charge is 2.17. The van der Waals surface area contributed by atoms with Crippen molar-refractivity contribution in [1.82, 2.24) is 4.98 Å². The first-order valence-corrected chi connectivity index (χ1v) is 6.28. The first-order chi connectivity index (χ1) is 8.11. The van der Waals surface area contributed by atoms with Gasteiger partial charge in [0.15, 0.2) is 5.58 Å². The molecule has 0 aliphatic carbocycles. The summed E-state index contributed by atoms with van der Waals surface area (Å²) in [7, 11) is 0. The van der Waals surface area contributed by atoms with Gasteiger partial charge in [0, 0.05) is 5.75 Å². The molecule has 1 atom stereocenters. The third-order valence-electron chi connectivity index (χ3n) is 2.38. The van der Waals surface area contributed by atoms with E-state index < -0.39 is 5.54 Å². The van der Waals surface area contributed by atoms with E-state index in [2.05, 4.69) is 11.1 Å². The lowest BCUT2D eigenvalue weighted by Crippen LogP contribution is -2.34. The smallest absolute Gasteiger partial charge is 0.256 e. The van der Waals surface area contributed by atoms with Gasteiger partial charge in [-0.1, -0.05) is 23.9 Å². The van der Waals surface area contributed by atoms with Crippen molar-refractivity contribution in [1.29, 1.82) is 5.26 Å². The third-order valence-corrected chi connectivity index (χ3v) is 3.21. The predicted molar refractivity (Wildman–Crippen MR) is 67.6 cm³/mol. The number of para-hydroxylation sites is 2. The standard InChI is InChI=1S/C12H13N3OS/c1-12(14,8-13)6-7-17-11-15-9-4-2-3-5-10(9)16-11/h2-5H,6-7,14H2,1H3. The average molecular weight is 247 g/mol. The maximum absolute atomic E-state index is 8.78. The third kappa shape index (κ3) is 2.99. The van der Waals surface area contributed by atoms with Crippen LogP contribution in [0.25, 0.3) is 11.1 Å². The van der Waals surface area contributed by atoms with Crippen LogP contribution in [0.2, 0.25) is 0 Å². The highest BCUT2D eigenvalue weighted by Crippen LogP contribution is 2.24. The Morgan fingerprint density at radius 3 is 3.00 bits per heavy atom. The summed E-state index contributed by atoms with van der Waals surface area (Å²) in [5.41, 5.74) is 6.59. The van der Waals surface area contributed by atoms with Gasteiger partial charge < -0.3 is 10.2 Å². The van der Waals surface area contributed by atoms with E-state index in [0.29, 0.717) is 17.4 Å². The number of benzene rings is 1. The molecule has 1 aromatic heterocycles. The number of hydrogen-bond donors (Lipinski definition) is 1. The van der Waals surface area contributed by atoms with Crippen LogP contribution < -0.4 is 5.73 Å². The topological polar surface area (TPSA) is 75.8 Å². The van der Waals surface area contributed by atoms with Gasteiger partial charge in [0.05, 0.1) is 6.07 Å². The first kappa shape index (κ1) is 12.0. The van der Waals surface area contributed by atoms with E-state index in [9.17, 15) is 0 Å². The van der Waals surface area contributed by atoms with Crippen LogP contribution >= 0.6 is 11.8 Å². The predicted octanol–water partition coefficient (Wildman–Crippen LogP) is 2.55. The van der Waals surface area contributed by atoms with E-state index in [1.807, 2.05) is 24.3 Å². The molecule has 88 valence electrons. The Kier molecular flexibility index (Phi) is 3.36. The lowest BCUT2D eigenvalue weighted by molar-refractivity contribution is 0.488. The van der Waals surface area contributed by atoms with E-state index in [0.717, 1.165) is 11.1 Å². The molecule has 0 bridgehead atoms. The fraction of sp³-hybridized carbons (Fsp3) is 0.333. The Morgan fingerprint density at radius 2 is 2.29 bits per heavy atom. The van der Waals surface area contributed by atoms with E-state index in [1.165, 1.54) is 11.8 Å². The molecule has 0 fully saturated rings. The molecule has 0 aliphatic heterocycles. The molecule has 0 saturated heterocycles. The van der Waals surface area contributed by atoms with Gasteiger partial charge in [0.25, 0.3) is 5.22 Å². The SMILES string of the molecule is CC(N)(C#N)CCSc1nc2ccccc2o1. The molecule has 0 aliphatic rings. The van der Waals surface area contributed by atoms with Gasteiger partial charge in [-0.15, -0.1) is 0 Å². The maximum atomic E-state index is 8.78. The number of thioether (sulfide) groups is 1. The highest BCUT2D eigenvalue weighted by molar-refractivity contribution is 7.99. The van der Waals surface area contributed by atoms with Gasteiger partial charge in [-0.25, -0.2) is 4.98 Å². The fourth-order valence-corrected chi connectivity index (χ4v) is 2.33. The van der Waals surface area contributed by atoms with Crippen LogP contribution in [0.3, 0.4) is 0 Å². The molecule has 0 saturated carbocycles. The summed E-state index contributed by atoms with van der Waals surface area (Å²) < 4.78 is 5.54. The Hall–Kier alpha value is -1.51. The lowest BCUT2D eigenvalue weighted by atomic mass is 10.0. The Balaban J connectivity index is 1.98. The van der Waals surface area contributed by atoms with Crippen molar-refractivity contribution in [3.63, 3.8) is 0 Å². The number of nitrogens with zero attached hydrogens (tertiary/aromatic N) is 2. The van der Waals surface area contributed by atoms with Crippen molar-refractivity contribution < 1.29 is 4.42 Å². The average Bonchev–Trinajstić information content (AvgIpc) is 2.71. The van der Waals surface area contributed by atoms with Crippen molar-refractivity contribution >= 4 is 22.9 Å². The minimum Gasteiger partial charge on any atom is -0.431 e. The second-order valence-corrected chi connectivity index (χ2v) is 5.12. The van der Waals surface area contributed by atoms with Crippen LogP contribution in [-0.4, -0.2) is 16.3 Å². The van der Waals surface area contributed by atoms with E-state index in [-0.39, 0.29) is 0 Å². The maximum Gasteiger partial charge on any atom is 0.256 e. The molecular formula is C12H13N3OS. The summed E-state index contributed by atoms with van der Waals surface area (Å²) in [4.78, 5) is 4.33. The zero-order chi connectivity index (χ0) is 12.3. The Morgan fingerprint density at radius 1 is 1.53 bits per heavy atom. The molecule has 1 aromatic carbocycles. The summed E-state index contributed by atoms with van der Waals surface area (Å²) in [5, 5.41) is 9.41. The summed E-state index contributed by atoms with van der Waals surface area (Å²) in [6, 6.07) is 9.69. The number of oxazole rings is 1. The molecule has 2 rings (SSSR count). The molecule has 17 heavy (non-hydrogen) atoms. The van der Waals surface area contributed by atoms with Gasteiger partial charge in [-0.2, -0.15) is 5.26 Å². The van der Waals surface area contributed by atoms with Crippen molar-refractivity contribution in [2.24, 2.45) is 5.73 Å². The minimum absolute atomic E-state index is 0.604. The van der Waals surface area contributed by atoms with Crippen LogP contribution in [0.1, 0.15) is 13.3 Å². The van der Waals surface area contributed by atoms with Crippen LogP contribution in [0.15, 0.2) is 33.9 Å². The number of rotatable bonds is 4. The molecule has 5 heteroatoms. The zero-order valence-corrected chi connectivity index (χ0v) is 10.3. The number of hydrogen-bond acceptors (Lipinski definition) is 5. The molecule has 1 heterocycles. The first-order valence-electron chi connectivity index (χ1n) is 5.29. The number of nitrogens with two attached hydrogens (primary N) is 1. The fourth-order valence-electron chi connectivity index (χ4n) is 1.32. The van der Waals surface area contributed by atoms with Gasteiger partial charge in [0.1, 0.15) is 11.1 Å². The summed E-state index contributed by atoms with van der Waals surface area (Å²) in [5.74, 6) is 0.716. The van der Waals surface area contributed by atoms with Gasteiger partial charge in [-0.05, 0) is 25.5 Å². The summed E-state index contributed by atoms with van der Waals surface area (Å²) >= 11 is 1.48. The molecular weight excluding hydrogens is 234 g/mol. The van der Waals surface area contributed by atoms with Crippen LogP contribution in [-0.2, 0) is 0 Å². The largest absolute Gasteiger partial charge is 0.431 e. The molecule has 2 aromatic rings. The van der Waals surface area contributed by atoms with E-state index in [4.69, 9.17) is 15.4 Å². The van der Waals surface area contributed by atoms with Crippen LogP contribution in [0.4, 0.5) is 0 Å². The second kappa shape index (κ2) is 4.78. The Bertz CT molecular complexity index is 523. The van der Waals surface area contributed by atoms with Crippen molar-refractivity contribution in [3.05, 3.63) is 24.3 Å². The molecule has 0 radical (unpaired) electrons. The van der Waals surface area contributed by atoms with Crippen LogP contribution in [0, 0.1) is 11.3 Å². The summed E-state index contributed by atoms with van der Waals surface area (Å²) in [6.45, 7) is 1.72. The quantitative estimate of drug-likeness (QED) is 0.840. The molecule has 0 spiro atoms. The number of nitriles is 1. The van der Waals surface area contributed by atoms with Gasteiger partial charge in [0.2, 0.25) is 0 Å². The van der Waals surface area contributed by atoms with Crippen molar-refractivity contribution in [2.45, 2.75) is 24.1 Å². The molecule has 0 amide bonds. The Labute approximate surface area is 104 Å². The zero-order valence-electron chi connectivity index (χ0n) is 9.51.